The molecule has 0 aliphatic rings. The Kier molecular flexibility index (Phi) is 16.1. The van der Waals surface area contributed by atoms with Gasteiger partial charge in [0.1, 0.15) is 17.7 Å². The van der Waals surface area contributed by atoms with Gasteiger partial charge in [0.25, 0.3) is 0 Å². The minimum Gasteiger partial charge on any atom is -0.480 e. The Labute approximate surface area is 244 Å². The van der Waals surface area contributed by atoms with E-state index in [0.29, 0.717) is 5.75 Å². The second kappa shape index (κ2) is 18.4. The number of benzene rings is 1. The smallest absolute Gasteiger partial charge is 0.408 e. The Bertz CT molecular complexity index is 1040. The van der Waals surface area contributed by atoms with E-state index >= 15 is 0 Å². The number of allylic oxidation sites excluding steroid dienone is 5. The highest BCUT2D eigenvalue weighted by Crippen LogP contribution is 2.14. The number of carboxylic acids is 1. The van der Waals surface area contributed by atoms with Gasteiger partial charge in [-0.15, -0.1) is 0 Å². The first-order valence-electron chi connectivity index (χ1n) is 13.9. The van der Waals surface area contributed by atoms with E-state index in [1.54, 1.807) is 20.8 Å². The van der Waals surface area contributed by atoms with Gasteiger partial charge in [-0.1, -0.05) is 65.3 Å². The van der Waals surface area contributed by atoms with Crippen molar-refractivity contribution in [3.63, 3.8) is 0 Å². The highest BCUT2D eigenvalue weighted by molar-refractivity contribution is 7.99. The minimum atomic E-state index is -1.12. The van der Waals surface area contributed by atoms with E-state index in [0.717, 1.165) is 31.2 Å². The highest BCUT2D eigenvalue weighted by Gasteiger charge is 2.28. The average Bonchev–Trinajstić information content (AvgIpc) is 2.84. The van der Waals surface area contributed by atoms with Gasteiger partial charge in [-0.3, -0.25) is 4.79 Å². The maximum Gasteiger partial charge on any atom is 0.408 e. The molecule has 0 aliphatic heterocycles. The molecule has 0 saturated heterocycles. The van der Waals surface area contributed by atoms with Crippen LogP contribution < -0.4 is 10.6 Å². The van der Waals surface area contributed by atoms with Crippen molar-refractivity contribution >= 4 is 29.7 Å². The molecule has 0 aliphatic carbocycles. The van der Waals surface area contributed by atoms with Crippen molar-refractivity contribution in [2.24, 2.45) is 0 Å². The van der Waals surface area contributed by atoms with E-state index < -0.39 is 35.7 Å². The first-order chi connectivity index (χ1) is 18.8. The molecule has 0 spiro atoms. The summed E-state index contributed by atoms with van der Waals surface area (Å²) in [4.78, 5) is 37.4. The Hall–Kier alpha value is -3.00. The summed E-state index contributed by atoms with van der Waals surface area (Å²) < 4.78 is 5.31. The standard InChI is InChI=1S/C32H48N2O5S/c1-23(2)13-11-14-24(3)15-12-16-25(4)19-20-40-22-28(30(36)37)33-29(35)27(21-26-17-9-8-10-18-26)34-31(38)39-32(5,6)7/h8-10,13,15,17-19,27-28H,11-12,14,16,20-22H2,1-7H3,(H,33,35)(H,34,38)(H,36,37)/t27-,28-/m0/s1. The van der Waals surface area contributed by atoms with Crippen molar-refractivity contribution in [1.82, 2.24) is 10.6 Å². The monoisotopic (exact) mass is 572 g/mol. The highest BCUT2D eigenvalue weighted by atomic mass is 32.2. The van der Waals surface area contributed by atoms with Crippen molar-refractivity contribution < 1.29 is 24.2 Å². The molecule has 1 rings (SSSR count). The number of carbonyl (C=O) groups is 3. The van der Waals surface area contributed by atoms with Crippen molar-refractivity contribution in [1.29, 1.82) is 0 Å². The van der Waals surface area contributed by atoms with Gasteiger partial charge in [0.2, 0.25) is 5.91 Å². The Morgan fingerprint density at radius 3 is 2.08 bits per heavy atom. The maximum absolute atomic E-state index is 13.1. The molecule has 7 nitrogen and oxygen atoms in total. The van der Waals surface area contributed by atoms with E-state index in [9.17, 15) is 19.5 Å². The van der Waals surface area contributed by atoms with Gasteiger partial charge in [-0.05, 0) is 79.7 Å². The molecular weight excluding hydrogens is 524 g/mol. The molecule has 8 heteroatoms. The van der Waals surface area contributed by atoms with Gasteiger partial charge >= 0.3 is 12.1 Å². The second-order valence-electron chi connectivity index (χ2n) is 11.3. The van der Waals surface area contributed by atoms with E-state index in [-0.39, 0.29) is 12.2 Å². The Morgan fingerprint density at radius 2 is 1.50 bits per heavy atom. The average molecular weight is 573 g/mol. The lowest BCUT2D eigenvalue weighted by molar-refractivity contribution is -0.141. The number of hydrogen-bond acceptors (Lipinski definition) is 5. The summed E-state index contributed by atoms with van der Waals surface area (Å²) in [6.45, 7) is 13.7. The summed E-state index contributed by atoms with van der Waals surface area (Å²) in [7, 11) is 0. The topological polar surface area (TPSA) is 105 Å². The number of alkyl carbamates (subject to hydrolysis) is 1. The number of nitrogens with one attached hydrogen (secondary N) is 2. The third-order valence-electron chi connectivity index (χ3n) is 5.86. The third kappa shape index (κ3) is 16.9. The zero-order chi connectivity index (χ0) is 30.1. The zero-order valence-corrected chi connectivity index (χ0v) is 26.0. The van der Waals surface area contributed by atoms with Crippen LogP contribution in [0.2, 0.25) is 0 Å². The number of thioether (sulfide) groups is 1. The van der Waals surface area contributed by atoms with Gasteiger partial charge in [0.05, 0.1) is 0 Å². The van der Waals surface area contributed by atoms with Crippen LogP contribution >= 0.6 is 11.8 Å². The largest absolute Gasteiger partial charge is 0.480 e. The molecule has 40 heavy (non-hydrogen) atoms. The Balaban J connectivity index is 2.66. The molecule has 0 bridgehead atoms. The normalized spacial score (nSPS) is 13.7. The lowest BCUT2D eigenvalue weighted by atomic mass is 10.1. The predicted octanol–water partition coefficient (Wildman–Crippen LogP) is 6.84. The fraction of sp³-hybridized carbons (Fsp3) is 0.531. The fourth-order valence-corrected chi connectivity index (χ4v) is 4.68. The number of hydrogen-bond donors (Lipinski definition) is 3. The van der Waals surface area contributed by atoms with Gasteiger partial charge in [-0.25, -0.2) is 9.59 Å². The molecule has 1 aromatic carbocycles. The molecule has 2 amide bonds. The van der Waals surface area contributed by atoms with Crippen LogP contribution in [-0.4, -0.2) is 52.3 Å². The van der Waals surface area contributed by atoms with E-state index in [2.05, 4.69) is 56.6 Å². The van der Waals surface area contributed by atoms with Crippen molar-refractivity contribution in [3.8, 4) is 0 Å². The fourth-order valence-electron chi connectivity index (χ4n) is 3.68. The first kappa shape index (κ1) is 35.0. The summed E-state index contributed by atoms with van der Waals surface area (Å²) in [5, 5.41) is 14.9. The zero-order valence-electron chi connectivity index (χ0n) is 25.2. The van der Waals surface area contributed by atoms with Crippen LogP contribution in [0.15, 0.2) is 65.3 Å². The number of ether oxygens (including phenoxy) is 1. The van der Waals surface area contributed by atoms with Gasteiger partial charge in [0, 0.05) is 17.9 Å². The number of rotatable bonds is 16. The van der Waals surface area contributed by atoms with Crippen LogP contribution in [0.3, 0.4) is 0 Å². The molecule has 0 saturated carbocycles. The number of carboxylic acid groups (broad SMARTS) is 1. The summed E-state index contributed by atoms with van der Waals surface area (Å²) in [6.07, 6.45) is 10.2. The summed E-state index contributed by atoms with van der Waals surface area (Å²) in [5.74, 6) is -0.830. The SMILES string of the molecule is CC(C)=CCCC(C)=CCCC(C)=CCSC[C@H](NC(=O)[C@H](Cc1ccccc1)NC(=O)OC(C)(C)C)C(=O)O. The summed E-state index contributed by atoms with van der Waals surface area (Å²) in [5.41, 5.74) is 4.09. The molecule has 1 aromatic rings. The van der Waals surface area contributed by atoms with Crippen LogP contribution in [0.25, 0.3) is 0 Å². The van der Waals surface area contributed by atoms with E-state index in [1.807, 2.05) is 30.3 Å². The minimum absolute atomic E-state index is 0.205. The van der Waals surface area contributed by atoms with Crippen LogP contribution in [0.5, 0.6) is 0 Å². The molecular formula is C32H48N2O5S. The predicted molar refractivity (Wildman–Crippen MR) is 166 cm³/mol. The quantitative estimate of drug-likeness (QED) is 0.148. The number of carbonyl (C=O) groups excluding carboxylic acids is 2. The molecule has 0 unspecified atom stereocenters. The molecule has 3 N–H and O–H groups in total. The van der Waals surface area contributed by atoms with Crippen LogP contribution in [0.4, 0.5) is 4.79 Å². The van der Waals surface area contributed by atoms with Crippen LogP contribution in [-0.2, 0) is 20.7 Å². The van der Waals surface area contributed by atoms with E-state index in [4.69, 9.17) is 4.74 Å². The van der Waals surface area contributed by atoms with Gasteiger partial charge in [0.15, 0.2) is 0 Å². The molecule has 0 aromatic heterocycles. The van der Waals surface area contributed by atoms with Crippen LogP contribution in [0, 0.1) is 0 Å². The van der Waals surface area contributed by atoms with E-state index in [1.165, 1.54) is 28.5 Å². The van der Waals surface area contributed by atoms with Crippen molar-refractivity contribution in [2.75, 3.05) is 11.5 Å². The van der Waals surface area contributed by atoms with Crippen LogP contribution in [0.1, 0.15) is 79.7 Å². The lowest BCUT2D eigenvalue weighted by Gasteiger charge is -2.24. The second-order valence-corrected chi connectivity index (χ2v) is 12.4. The van der Waals surface area contributed by atoms with Crippen molar-refractivity contribution in [2.45, 2.75) is 98.3 Å². The number of aliphatic carboxylic acids is 1. The molecule has 0 heterocycles. The number of amides is 2. The van der Waals surface area contributed by atoms with Crippen molar-refractivity contribution in [3.05, 3.63) is 70.8 Å². The summed E-state index contributed by atoms with van der Waals surface area (Å²) in [6, 6.07) is 7.16. The Morgan fingerprint density at radius 1 is 0.900 bits per heavy atom. The van der Waals surface area contributed by atoms with Gasteiger partial charge < -0.3 is 20.5 Å². The van der Waals surface area contributed by atoms with Gasteiger partial charge in [-0.2, -0.15) is 11.8 Å². The molecule has 0 radical (unpaired) electrons. The molecule has 0 fully saturated rings. The third-order valence-corrected chi connectivity index (χ3v) is 6.83. The first-order valence-corrected chi connectivity index (χ1v) is 15.0. The molecule has 2 atom stereocenters. The summed E-state index contributed by atoms with van der Waals surface area (Å²) >= 11 is 1.45. The molecule has 222 valence electrons. The maximum atomic E-state index is 13.1. The lowest BCUT2D eigenvalue weighted by Crippen LogP contribution is -2.53.